The first-order chi connectivity index (χ1) is 8.63. The van der Waals surface area contributed by atoms with Gasteiger partial charge in [-0.2, -0.15) is 5.06 Å². The number of hydrogen-bond donors (Lipinski definition) is 1. The lowest BCUT2D eigenvalue weighted by Gasteiger charge is -2.18. The van der Waals surface area contributed by atoms with Gasteiger partial charge >= 0.3 is 12.1 Å². The van der Waals surface area contributed by atoms with Crippen LogP contribution < -0.4 is 0 Å². The van der Waals surface area contributed by atoms with E-state index in [9.17, 15) is 9.59 Å². The summed E-state index contributed by atoms with van der Waals surface area (Å²) in [6.45, 7) is 1.36. The van der Waals surface area contributed by atoms with E-state index in [4.69, 9.17) is 14.7 Å². The highest BCUT2D eigenvalue weighted by atomic mass is 16.7. The zero-order chi connectivity index (χ0) is 13.4. The van der Waals surface area contributed by atoms with Crippen molar-refractivity contribution >= 4 is 12.1 Å². The van der Waals surface area contributed by atoms with Gasteiger partial charge in [-0.1, -0.05) is 30.3 Å². The summed E-state index contributed by atoms with van der Waals surface area (Å²) < 4.78 is 4.94. The van der Waals surface area contributed by atoms with Crippen molar-refractivity contribution in [2.24, 2.45) is 0 Å². The van der Waals surface area contributed by atoms with Gasteiger partial charge in [0, 0.05) is 0 Å². The predicted octanol–water partition coefficient (Wildman–Crippen LogP) is 1.66. The molecule has 0 bridgehead atoms. The largest absolute Gasteiger partial charge is 0.480 e. The lowest BCUT2D eigenvalue weighted by Crippen LogP contribution is -2.36. The highest BCUT2D eigenvalue weighted by molar-refractivity contribution is 5.75. The number of carboxylic acids is 1. The van der Waals surface area contributed by atoms with Crippen LogP contribution in [0.2, 0.25) is 0 Å². The van der Waals surface area contributed by atoms with Crippen LogP contribution in [0, 0.1) is 0 Å². The molecule has 6 nitrogen and oxygen atoms in total. The SMILES string of the molecule is CCON(CC(=O)O)C(=O)OCc1ccccc1. The van der Waals surface area contributed by atoms with Crippen molar-refractivity contribution in [1.82, 2.24) is 5.06 Å². The molecule has 0 saturated carbocycles. The van der Waals surface area contributed by atoms with Gasteiger partial charge in [-0.15, -0.1) is 0 Å². The Kier molecular flexibility index (Phi) is 5.66. The van der Waals surface area contributed by atoms with Gasteiger partial charge in [0.2, 0.25) is 0 Å². The Balaban J connectivity index is 2.48. The number of carbonyl (C=O) groups excluding carboxylic acids is 1. The normalized spacial score (nSPS) is 9.83. The summed E-state index contributed by atoms with van der Waals surface area (Å²) >= 11 is 0. The van der Waals surface area contributed by atoms with E-state index >= 15 is 0 Å². The number of benzene rings is 1. The number of hydroxylamine groups is 2. The molecule has 98 valence electrons. The number of ether oxygens (including phenoxy) is 1. The topological polar surface area (TPSA) is 76.1 Å². The predicted molar refractivity (Wildman–Crippen MR) is 62.6 cm³/mol. The summed E-state index contributed by atoms with van der Waals surface area (Å²) in [5, 5.41) is 9.30. The Morgan fingerprint density at radius 3 is 2.50 bits per heavy atom. The van der Waals surface area contributed by atoms with Crippen LogP contribution in [0.3, 0.4) is 0 Å². The van der Waals surface area contributed by atoms with Crippen molar-refractivity contribution in [1.29, 1.82) is 0 Å². The zero-order valence-corrected chi connectivity index (χ0v) is 10.0. The number of carbonyl (C=O) groups is 2. The fraction of sp³-hybridized carbons (Fsp3) is 0.333. The van der Waals surface area contributed by atoms with E-state index in [1.807, 2.05) is 18.2 Å². The van der Waals surface area contributed by atoms with E-state index in [2.05, 4.69) is 0 Å². The standard InChI is InChI=1S/C12H15NO5/c1-2-18-13(8-11(14)15)12(16)17-9-10-6-4-3-5-7-10/h3-7H,2,8-9H2,1H3,(H,14,15). The van der Waals surface area contributed by atoms with Gasteiger partial charge in [0.25, 0.3) is 0 Å². The van der Waals surface area contributed by atoms with E-state index in [0.29, 0.717) is 5.06 Å². The summed E-state index contributed by atoms with van der Waals surface area (Å²) in [6, 6.07) is 9.09. The molecule has 1 aromatic rings. The molecule has 1 aromatic carbocycles. The van der Waals surface area contributed by atoms with Crippen LogP contribution in [-0.4, -0.2) is 35.4 Å². The van der Waals surface area contributed by atoms with Gasteiger partial charge in [0.15, 0.2) is 0 Å². The van der Waals surface area contributed by atoms with Crippen LogP contribution in [0.25, 0.3) is 0 Å². The molecule has 0 fully saturated rings. The maximum Gasteiger partial charge on any atom is 0.434 e. The number of rotatable bonds is 6. The maximum absolute atomic E-state index is 11.6. The molecule has 0 unspecified atom stereocenters. The minimum atomic E-state index is -1.17. The highest BCUT2D eigenvalue weighted by Crippen LogP contribution is 2.03. The average Bonchev–Trinajstić information content (AvgIpc) is 2.36. The van der Waals surface area contributed by atoms with E-state index < -0.39 is 18.6 Å². The lowest BCUT2D eigenvalue weighted by molar-refractivity contribution is -0.162. The van der Waals surface area contributed by atoms with Gasteiger partial charge in [0.1, 0.15) is 13.2 Å². The second-order valence-corrected chi connectivity index (χ2v) is 3.39. The van der Waals surface area contributed by atoms with Crippen molar-refractivity contribution in [3.63, 3.8) is 0 Å². The second kappa shape index (κ2) is 7.29. The van der Waals surface area contributed by atoms with E-state index in [0.717, 1.165) is 5.56 Å². The first-order valence-corrected chi connectivity index (χ1v) is 5.46. The van der Waals surface area contributed by atoms with Crippen molar-refractivity contribution < 1.29 is 24.3 Å². The Labute approximate surface area is 105 Å². The number of amides is 1. The maximum atomic E-state index is 11.6. The fourth-order valence-corrected chi connectivity index (χ4v) is 1.23. The summed E-state index contributed by atoms with van der Waals surface area (Å²) in [7, 11) is 0. The molecular weight excluding hydrogens is 238 g/mol. The van der Waals surface area contributed by atoms with E-state index in [-0.39, 0.29) is 13.2 Å². The molecule has 0 saturated heterocycles. The Hall–Kier alpha value is -2.08. The lowest BCUT2D eigenvalue weighted by atomic mass is 10.2. The molecule has 0 aliphatic heterocycles. The zero-order valence-electron chi connectivity index (χ0n) is 10.0. The van der Waals surface area contributed by atoms with Crippen LogP contribution in [0.5, 0.6) is 0 Å². The third kappa shape index (κ3) is 4.84. The van der Waals surface area contributed by atoms with Crippen LogP contribution in [0.4, 0.5) is 4.79 Å². The van der Waals surface area contributed by atoms with E-state index in [1.54, 1.807) is 19.1 Å². The number of carboxylic acid groups (broad SMARTS) is 1. The van der Waals surface area contributed by atoms with Crippen molar-refractivity contribution in [2.45, 2.75) is 13.5 Å². The third-order valence-corrected chi connectivity index (χ3v) is 1.97. The molecule has 0 aliphatic carbocycles. The van der Waals surface area contributed by atoms with E-state index in [1.165, 1.54) is 0 Å². The molecule has 1 N–H and O–H groups in total. The van der Waals surface area contributed by atoms with Gasteiger partial charge in [-0.25, -0.2) is 4.79 Å². The smallest absolute Gasteiger partial charge is 0.434 e. The summed E-state index contributed by atoms with van der Waals surface area (Å²) in [6.07, 6.45) is -0.817. The first kappa shape index (κ1) is 14.0. The molecular formula is C12H15NO5. The molecule has 1 rings (SSSR count). The monoisotopic (exact) mass is 253 g/mol. The van der Waals surface area contributed by atoms with Gasteiger partial charge in [-0.05, 0) is 12.5 Å². The van der Waals surface area contributed by atoms with Crippen LogP contribution >= 0.6 is 0 Å². The second-order valence-electron chi connectivity index (χ2n) is 3.39. The molecule has 0 aliphatic rings. The van der Waals surface area contributed by atoms with Crippen LogP contribution in [0.15, 0.2) is 30.3 Å². The van der Waals surface area contributed by atoms with Crippen LogP contribution in [0.1, 0.15) is 12.5 Å². The number of nitrogens with zero attached hydrogens (tertiary/aromatic N) is 1. The Bertz CT molecular complexity index is 393. The quantitative estimate of drug-likeness (QED) is 0.780. The summed E-state index contributed by atoms with van der Waals surface area (Å²) in [5.41, 5.74) is 0.817. The molecule has 0 aromatic heterocycles. The average molecular weight is 253 g/mol. The molecule has 0 atom stereocenters. The molecule has 18 heavy (non-hydrogen) atoms. The molecule has 0 spiro atoms. The van der Waals surface area contributed by atoms with Gasteiger partial charge in [-0.3, -0.25) is 9.63 Å². The molecule has 0 heterocycles. The molecule has 6 heteroatoms. The number of hydrogen-bond acceptors (Lipinski definition) is 4. The summed E-state index contributed by atoms with van der Waals surface area (Å²) in [4.78, 5) is 27.0. The minimum Gasteiger partial charge on any atom is -0.480 e. The summed E-state index contributed by atoms with van der Waals surface area (Å²) in [5.74, 6) is -1.17. The first-order valence-electron chi connectivity index (χ1n) is 5.46. The Morgan fingerprint density at radius 1 is 1.28 bits per heavy atom. The minimum absolute atomic E-state index is 0.0723. The van der Waals surface area contributed by atoms with Crippen molar-refractivity contribution in [3.8, 4) is 0 Å². The van der Waals surface area contributed by atoms with Gasteiger partial charge < -0.3 is 9.84 Å². The van der Waals surface area contributed by atoms with Crippen molar-refractivity contribution in [2.75, 3.05) is 13.2 Å². The van der Waals surface area contributed by atoms with Crippen molar-refractivity contribution in [3.05, 3.63) is 35.9 Å². The molecule has 1 amide bonds. The van der Waals surface area contributed by atoms with Gasteiger partial charge in [0.05, 0.1) is 6.61 Å². The number of aliphatic carboxylic acids is 1. The highest BCUT2D eigenvalue weighted by Gasteiger charge is 2.18. The third-order valence-electron chi connectivity index (χ3n) is 1.97. The van der Waals surface area contributed by atoms with Crippen LogP contribution in [-0.2, 0) is 21.0 Å². The Morgan fingerprint density at radius 2 is 1.94 bits per heavy atom. The fourth-order valence-electron chi connectivity index (χ4n) is 1.23. The molecule has 0 radical (unpaired) electrons.